The first-order valence-electron chi connectivity index (χ1n) is 8.84. The highest BCUT2D eigenvalue weighted by Crippen LogP contribution is 2.21. The lowest BCUT2D eigenvalue weighted by Crippen LogP contribution is -2.43. The molecule has 1 aliphatic rings. The second-order valence-corrected chi connectivity index (χ2v) is 6.09. The third kappa shape index (κ3) is 4.86. The first kappa shape index (κ1) is 18.0. The van der Waals surface area contributed by atoms with Crippen molar-refractivity contribution in [2.24, 2.45) is 0 Å². The van der Waals surface area contributed by atoms with E-state index in [4.69, 9.17) is 9.84 Å². The van der Waals surface area contributed by atoms with Crippen LogP contribution in [0, 0.1) is 0 Å². The zero-order valence-electron chi connectivity index (χ0n) is 14.6. The molecule has 1 aliphatic heterocycles. The van der Waals surface area contributed by atoms with Gasteiger partial charge >= 0.3 is 5.97 Å². The highest BCUT2D eigenvalue weighted by atomic mass is 16.5. The van der Waals surface area contributed by atoms with Crippen molar-refractivity contribution in [3.63, 3.8) is 0 Å². The zero-order valence-corrected chi connectivity index (χ0v) is 14.6. The fourth-order valence-electron chi connectivity index (χ4n) is 2.90. The molecule has 1 aromatic carbocycles. The van der Waals surface area contributed by atoms with Crippen LogP contribution in [-0.2, 0) is 0 Å². The van der Waals surface area contributed by atoms with Gasteiger partial charge in [0.15, 0.2) is 0 Å². The van der Waals surface area contributed by atoms with Crippen LogP contribution in [0.25, 0.3) is 0 Å². The number of anilines is 2. The van der Waals surface area contributed by atoms with Gasteiger partial charge in [0, 0.05) is 50.7 Å². The van der Waals surface area contributed by atoms with Gasteiger partial charge in [-0.1, -0.05) is 6.07 Å². The van der Waals surface area contributed by atoms with Gasteiger partial charge < -0.3 is 25.4 Å². The molecule has 0 aliphatic carbocycles. The number of pyridine rings is 1. The largest absolute Gasteiger partial charge is 0.493 e. The van der Waals surface area contributed by atoms with Gasteiger partial charge in [-0.2, -0.15) is 0 Å². The maximum Gasteiger partial charge on any atom is 0.337 e. The fraction of sp³-hybridized carbons (Fsp3) is 0.368. The van der Waals surface area contributed by atoms with Gasteiger partial charge in [0.2, 0.25) is 0 Å². The van der Waals surface area contributed by atoms with Gasteiger partial charge in [-0.25, -0.2) is 4.79 Å². The number of rotatable bonds is 8. The van der Waals surface area contributed by atoms with Crippen molar-refractivity contribution >= 4 is 17.3 Å². The van der Waals surface area contributed by atoms with Crippen molar-refractivity contribution in [3.8, 4) is 5.75 Å². The Bertz CT molecular complexity index is 732. The molecular weight excluding hydrogens is 332 g/mol. The molecule has 7 heteroatoms. The fourth-order valence-corrected chi connectivity index (χ4v) is 2.90. The van der Waals surface area contributed by atoms with E-state index >= 15 is 0 Å². The SMILES string of the molecule is O=C(O)c1ccncc1NCCCOc1cccc(N2CCNCC2)c1. The summed E-state index contributed by atoms with van der Waals surface area (Å²) in [5.41, 5.74) is 1.94. The van der Waals surface area contributed by atoms with E-state index in [2.05, 4.69) is 32.7 Å². The molecule has 3 rings (SSSR count). The number of nitrogens with one attached hydrogen (secondary N) is 2. The summed E-state index contributed by atoms with van der Waals surface area (Å²) in [5.74, 6) is -0.107. The van der Waals surface area contributed by atoms with Crippen LogP contribution in [0.5, 0.6) is 5.75 Å². The van der Waals surface area contributed by atoms with E-state index in [-0.39, 0.29) is 5.56 Å². The molecule has 26 heavy (non-hydrogen) atoms. The highest BCUT2D eigenvalue weighted by Gasteiger charge is 2.11. The number of carboxylic acid groups (broad SMARTS) is 1. The Labute approximate surface area is 153 Å². The van der Waals surface area contributed by atoms with Crippen LogP contribution in [0.4, 0.5) is 11.4 Å². The number of nitrogens with zero attached hydrogens (tertiary/aromatic N) is 2. The molecule has 0 radical (unpaired) electrons. The summed E-state index contributed by atoms with van der Waals surface area (Å²) >= 11 is 0. The number of hydrogen-bond acceptors (Lipinski definition) is 6. The number of hydrogen-bond donors (Lipinski definition) is 3. The molecule has 138 valence electrons. The third-order valence-electron chi connectivity index (χ3n) is 4.26. The number of benzene rings is 1. The number of aromatic nitrogens is 1. The minimum absolute atomic E-state index is 0.227. The summed E-state index contributed by atoms with van der Waals surface area (Å²) in [4.78, 5) is 17.5. The quantitative estimate of drug-likeness (QED) is 0.624. The summed E-state index contributed by atoms with van der Waals surface area (Å²) in [5, 5.41) is 15.6. The molecule has 0 atom stereocenters. The maximum absolute atomic E-state index is 11.2. The molecule has 1 aromatic heterocycles. The number of aromatic carboxylic acids is 1. The van der Waals surface area contributed by atoms with Crippen LogP contribution >= 0.6 is 0 Å². The number of carboxylic acids is 1. The highest BCUT2D eigenvalue weighted by molar-refractivity contribution is 5.93. The van der Waals surface area contributed by atoms with Crippen LogP contribution in [0.1, 0.15) is 16.8 Å². The molecule has 7 nitrogen and oxygen atoms in total. The predicted octanol–water partition coefficient (Wildman–Crippen LogP) is 2.07. The molecule has 2 aromatic rings. The van der Waals surface area contributed by atoms with E-state index in [1.54, 1.807) is 0 Å². The van der Waals surface area contributed by atoms with Gasteiger partial charge in [0.25, 0.3) is 0 Å². The maximum atomic E-state index is 11.2. The zero-order chi connectivity index (χ0) is 18.2. The van der Waals surface area contributed by atoms with E-state index in [9.17, 15) is 4.79 Å². The summed E-state index contributed by atoms with van der Waals surface area (Å²) in [6, 6.07) is 9.64. The topological polar surface area (TPSA) is 86.7 Å². The first-order chi connectivity index (χ1) is 12.7. The Morgan fingerprint density at radius 3 is 2.96 bits per heavy atom. The minimum Gasteiger partial charge on any atom is -0.493 e. The van der Waals surface area contributed by atoms with E-state index in [0.29, 0.717) is 18.8 Å². The standard InChI is InChI=1S/C19H24N4O3/c24-19(25)17-5-7-21-14-18(17)22-6-2-12-26-16-4-1-3-15(13-16)23-10-8-20-9-11-23/h1,3-5,7,13-14,20,22H,2,6,8-12H2,(H,24,25). The van der Waals surface area contributed by atoms with E-state index in [1.165, 1.54) is 24.1 Å². The normalized spacial score (nSPS) is 14.1. The van der Waals surface area contributed by atoms with E-state index < -0.39 is 5.97 Å². The average molecular weight is 356 g/mol. The average Bonchev–Trinajstić information content (AvgIpc) is 2.69. The van der Waals surface area contributed by atoms with Crippen molar-refractivity contribution in [1.82, 2.24) is 10.3 Å². The summed E-state index contributed by atoms with van der Waals surface area (Å²) < 4.78 is 5.84. The summed E-state index contributed by atoms with van der Waals surface area (Å²) in [6.45, 7) is 5.19. The van der Waals surface area contributed by atoms with Gasteiger partial charge in [-0.05, 0) is 24.6 Å². The molecule has 1 saturated heterocycles. The predicted molar refractivity (Wildman–Crippen MR) is 101 cm³/mol. The molecule has 1 fully saturated rings. The molecule has 2 heterocycles. The second-order valence-electron chi connectivity index (χ2n) is 6.09. The Morgan fingerprint density at radius 1 is 1.31 bits per heavy atom. The minimum atomic E-state index is -0.962. The molecule has 3 N–H and O–H groups in total. The van der Waals surface area contributed by atoms with Crippen molar-refractivity contribution in [1.29, 1.82) is 0 Å². The smallest absolute Gasteiger partial charge is 0.337 e. The molecule has 0 amide bonds. The number of piperazine rings is 1. The van der Waals surface area contributed by atoms with E-state index in [1.807, 2.05) is 12.1 Å². The number of carbonyl (C=O) groups is 1. The van der Waals surface area contributed by atoms with Crippen molar-refractivity contribution in [3.05, 3.63) is 48.3 Å². The third-order valence-corrected chi connectivity index (χ3v) is 4.26. The second kappa shape index (κ2) is 9.05. The Hall–Kier alpha value is -2.80. The summed E-state index contributed by atoms with van der Waals surface area (Å²) in [7, 11) is 0. The summed E-state index contributed by atoms with van der Waals surface area (Å²) in [6.07, 6.45) is 3.76. The number of ether oxygens (including phenoxy) is 1. The van der Waals surface area contributed by atoms with Crippen LogP contribution in [0.2, 0.25) is 0 Å². The Balaban J connectivity index is 1.45. The Morgan fingerprint density at radius 2 is 2.15 bits per heavy atom. The Kier molecular flexibility index (Phi) is 6.27. The van der Waals surface area contributed by atoms with Gasteiger partial charge in [-0.15, -0.1) is 0 Å². The van der Waals surface area contributed by atoms with E-state index in [0.717, 1.165) is 38.3 Å². The molecule has 0 bridgehead atoms. The van der Waals surface area contributed by atoms with Crippen molar-refractivity contribution in [2.45, 2.75) is 6.42 Å². The van der Waals surface area contributed by atoms with Gasteiger partial charge in [0.1, 0.15) is 5.75 Å². The van der Waals surface area contributed by atoms with Crippen LogP contribution in [0.15, 0.2) is 42.7 Å². The van der Waals surface area contributed by atoms with Crippen molar-refractivity contribution < 1.29 is 14.6 Å². The lowest BCUT2D eigenvalue weighted by molar-refractivity contribution is 0.0698. The van der Waals surface area contributed by atoms with Gasteiger partial charge in [0.05, 0.1) is 24.1 Å². The molecule has 0 spiro atoms. The van der Waals surface area contributed by atoms with Crippen LogP contribution in [0.3, 0.4) is 0 Å². The van der Waals surface area contributed by atoms with Crippen molar-refractivity contribution in [2.75, 3.05) is 49.5 Å². The molecule has 0 unspecified atom stereocenters. The first-order valence-corrected chi connectivity index (χ1v) is 8.84. The lowest BCUT2D eigenvalue weighted by atomic mass is 10.2. The van der Waals surface area contributed by atoms with Crippen LogP contribution in [-0.4, -0.2) is 55.4 Å². The lowest BCUT2D eigenvalue weighted by Gasteiger charge is -2.29. The van der Waals surface area contributed by atoms with Gasteiger partial charge in [-0.3, -0.25) is 4.98 Å². The molecular formula is C19H24N4O3. The van der Waals surface area contributed by atoms with Crippen LogP contribution < -0.4 is 20.3 Å². The molecule has 0 saturated carbocycles. The monoisotopic (exact) mass is 356 g/mol.